The van der Waals surface area contributed by atoms with Gasteiger partial charge in [0.1, 0.15) is 12.6 Å². The maximum absolute atomic E-state index is 12.3. The molecule has 27 heavy (non-hydrogen) atoms. The van der Waals surface area contributed by atoms with Gasteiger partial charge in [-0.15, -0.1) is 0 Å². The van der Waals surface area contributed by atoms with E-state index in [0.29, 0.717) is 24.2 Å². The Labute approximate surface area is 156 Å². The van der Waals surface area contributed by atoms with Crippen molar-refractivity contribution in [3.05, 3.63) is 76.8 Å². The normalized spacial score (nSPS) is 14.0. The summed E-state index contributed by atoms with van der Waals surface area (Å²) in [5, 5.41) is 10.2. The smallest absolute Gasteiger partial charge is 0.261 e. The molecule has 0 fully saturated rings. The number of ether oxygens (including phenoxy) is 2. The summed E-state index contributed by atoms with van der Waals surface area (Å²) in [5.74, 6) is -0.857. The molecule has 1 N–H and O–H groups in total. The molecule has 1 aromatic heterocycles. The van der Waals surface area contributed by atoms with E-state index in [-0.39, 0.29) is 19.1 Å². The Morgan fingerprint density at radius 3 is 2.56 bits per heavy atom. The zero-order valence-corrected chi connectivity index (χ0v) is 14.9. The molecule has 2 heterocycles. The molecule has 7 nitrogen and oxygen atoms in total. The van der Waals surface area contributed by atoms with Gasteiger partial charge in [-0.1, -0.05) is 12.1 Å². The van der Waals surface area contributed by atoms with Crippen molar-refractivity contribution in [2.45, 2.75) is 13.0 Å². The maximum atomic E-state index is 12.3. The van der Waals surface area contributed by atoms with E-state index in [2.05, 4.69) is 4.98 Å². The van der Waals surface area contributed by atoms with E-state index < -0.39 is 11.8 Å². The number of aromatic nitrogens is 1. The minimum atomic E-state index is -0.397. The number of aliphatic hydroxyl groups excluding tert-OH is 1. The van der Waals surface area contributed by atoms with Crippen LogP contribution in [0, 0.1) is 0 Å². The van der Waals surface area contributed by atoms with Crippen molar-refractivity contribution in [1.29, 1.82) is 0 Å². The van der Waals surface area contributed by atoms with E-state index in [4.69, 9.17) is 9.47 Å². The SMILES string of the molecule is COCOCc1ccnc(C/C=C(\O)CN2C(=O)c3ccccc3C2=O)c1. The van der Waals surface area contributed by atoms with E-state index in [1.807, 2.05) is 12.1 Å². The predicted molar refractivity (Wildman–Crippen MR) is 97.1 cm³/mol. The van der Waals surface area contributed by atoms with Crippen LogP contribution in [0.3, 0.4) is 0 Å². The number of hydrogen-bond donors (Lipinski definition) is 1. The number of rotatable bonds is 8. The molecule has 0 saturated heterocycles. The molecule has 7 heteroatoms. The van der Waals surface area contributed by atoms with E-state index >= 15 is 0 Å². The van der Waals surface area contributed by atoms with Crippen LogP contribution in [0.15, 0.2) is 54.4 Å². The molecule has 3 rings (SSSR count). The molecule has 0 bridgehead atoms. The number of pyridine rings is 1. The molecular weight excluding hydrogens is 348 g/mol. The maximum Gasteiger partial charge on any atom is 0.261 e. The predicted octanol–water partition coefficient (Wildman–Crippen LogP) is 2.48. The van der Waals surface area contributed by atoms with Gasteiger partial charge >= 0.3 is 0 Å². The lowest BCUT2D eigenvalue weighted by Crippen LogP contribution is -2.31. The number of nitrogens with zero attached hydrogens (tertiary/aromatic N) is 2. The van der Waals surface area contributed by atoms with Crippen LogP contribution in [0.1, 0.15) is 32.0 Å². The van der Waals surface area contributed by atoms with Crippen molar-refractivity contribution in [1.82, 2.24) is 9.88 Å². The molecule has 0 spiro atoms. The molecule has 2 amide bonds. The van der Waals surface area contributed by atoms with Gasteiger partial charge in [-0.3, -0.25) is 19.5 Å². The average Bonchev–Trinajstić information content (AvgIpc) is 2.92. The Bertz CT molecular complexity index is 843. The number of aliphatic hydroxyl groups is 1. The monoisotopic (exact) mass is 368 g/mol. The third-order valence-corrected chi connectivity index (χ3v) is 4.10. The van der Waals surface area contributed by atoms with Crippen molar-refractivity contribution < 1.29 is 24.2 Å². The summed E-state index contributed by atoms with van der Waals surface area (Å²) in [4.78, 5) is 29.9. The minimum absolute atomic E-state index is 0.0626. The first-order chi connectivity index (χ1) is 13.1. The zero-order chi connectivity index (χ0) is 19.2. The quantitative estimate of drug-likeness (QED) is 0.333. The molecule has 0 radical (unpaired) electrons. The van der Waals surface area contributed by atoms with Crippen LogP contribution in [-0.4, -0.2) is 47.3 Å². The van der Waals surface area contributed by atoms with Gasteiger partial charge in [0.25, 0.3) is 11.8 Å². The summed E-state index contributed by atoms with van der Waals surface area (Å²) in [6.07, 6.45) is 3.58. The number of fused-ring (bicyclic) bond motifs is 1. The van der Waals surface area contributed by atoms with Crippen LogP contribution < -0.4 is 0 Å². The van der Waals surface area contributed by atoms with Gasteiger partial charge in [0.05, 0.1) is 24.3 Å². The first-order valence-electron chi connectivity index (χ1n) is 8.44. The van der Waals surface area contributed by atoms with Crippen molar-refractivity contribution in [3.63, 3.8) is 0 Å². The van der Waals surface area contributed by atoms with Gasteiger partial charge in [-0.05, 0) is 35.9 Å². The first-order valence-corrected chi connectivity index (χ1v) is 8.44. The molecule has 2 aromatic rings. The van der Waals surface area contributed by atoms with Crippen LogP contribution in [0.25, 0.3) is 0 Å². The highest BCUT2D eigenvalue weighted by Gasteiger charge is 2.35. The summed E-state index contributed by atoms with van der Waals surface area (Å²) in [7, 11) is 1.56. The van der Waals surface area contributed by atoms with Crippen LogP contribution in [-0.2, 0) is 22.5 Å². The average molecular weight is 368 g/mol. The third kappa shape index (κ3) is 4.39. The largest absolute Gasteiger partial charge is 0.511 e. The third-order valence-electron chi connectivity index (χ3n) is 4.10. The molecular formula is C20H20N2O5. The molecule has 0 atom stereocenters. The fraction of sp³-hybridized carbons (Fsp3) is 0.250. The number of carbonyl (C=O) groups excluding carboxylic acids is 2. The molecule has 140 valence electrons. The molecule has 0 unspecified atom stereocenters. The second-order valence-corrected chi connectivity index (χ2v) is 6.05. The van der Waals surface area contributed by atoms with Crippen molar-refractivity contribution in [2.75, 3.05) is 20.4 Å². The van der Waals surface area contributed by atoms with E-state index in [1.165, 1.54) is 0 Å². The van der Waals surface area contributed by atoms with Crippen molar-refractivity contribution in [3.8, 4) is 0 Å². The first kappa shape index (κ1) is 18.8. The Morgan fingerprint density at radius 2 is 1.89 bits per heavy atom. The Kier molecular flexibility index (Phi) is 5.95. The summed E-state index contributed by atoms with van der Waals surface area (Å²) in [6, 6.07) is 10.3. The van der Waals surface area contributed by atoms with Crippen LogP contribution in [0.2, 0.25) is 0 Å². The number of benzene rings is 1. The van der Waals surface area contributed by atoms with Gasteiger partial charge in [-0.2, -0.15) is 0 Å². The van der Waals surface area contributed by atoms with Gasteiger partial charge in [-0.25, -0.2) is 0 Å². The van der Waals surface area contributed by atoms with Crippen molar-refractivity contribution >= 4 is 11.8 Å². The lowest BCUT2D eigenvalue weighted by Gasteiger charge is -2.13. The van der Waals surface area contributed by atoms with Gasteiger partial charge in [0, 0.05) is 25.4 Å². The van der Waals surface area contributed by atoms with E-state index in [9.17, 15) is 14.7 Å². The van der Waals surface area contributed by atoms with Crippen LogP contribution in [0.4, 0.5) is 0 Å². The zero-order valence-electron chi connectivity index (χ0n) is 14.9. The molecule has 1 aromatic carbocycles. The van der Waals surface area contributed by atoms with E-state index in [1.54, 1.807) is 43.6 Å². The van der Waals surface area contributed by atoms with Crippen LogP contribution in [0.5, 0.6) is 0 Å². The van der Waals surface area contributed by atoms with E-state index in [0.717, 1.165) is 16.2 Å². The number of methoxy groups -OCH3 is 1. The number of allylic oxidation sites excluding steroid dienone is 1. The summed E-state index contributed by atoms with van der Waals surface area (Å²) in [5.41, 5.74) is 2.40. The molecule has 1 aliphatic heterocycles. The van der Waals surface area contributed by atoms with Gasteiger partial charge in [0.15, 0.2) is 0 Å². The highest BCUT2D eigenvalue weighted by Crippen LogP contribution is 2.22. The van der Waals surface area contributed by atoms with Crippen molar-refractivity contribution in [2.24, 2.45) is 0 Å². The molecule has 0 saturated carbocycles. The summed E-state index contributed by atoms with van der Waals surface area (Å²) < 4.78 is 10.1. The summed E-state index contributed by atoms with van der Waals surface area (Å²) in [6.45, 7) is 0.440. The summed E-state index contributed by atoms with van der Waals surface area (Å²) >= 11 is 0. The lowest BCUT2D eigenvalue weighted by atomic mass is 10.1. The van der Waals surface area contributed by atoms with Gasteiger partial charge < -0.3 is 14.6 Å². The van der Waals surface area contributed by atoms with Crippen LogP contribution >= 0.6 is 0 Å². The Balaban J connectivity index is 1.61. The second kappa shape index (κ2) is 8.57. The topological polar surface area (TPSA) is 89.0 Å². The fourth-order valence-electron chi connectivity index (χ4n) is 2.80. The number of amides is 2. The highest BCUT2D eigenvalue weighted by atomic mass is 16.7. The lowest BCUT2D eigenvalue weighted by molar-refractivity contribution is -0.0391. The molecule has 0 aliphatic carbocycles. The molecule has 1 aliphatic rings. The fourth-order valence-corrected chi connectivity index (χ4v) is 2.80. The second-order valence-electron chi connectivity index (χ2n) is 6.05. The number of carbonyl (C=O) groups is 2. The van der Waals surface area contributed by atoms with Gasteiger partial charge in [0.2, 0.25) is 0 Å². The Hall–Kier alpha value is -3.03. The minimum Gasteiger partial charge on any atom is -0.511 e. The number of hydrogen-bond acceptors (Lipinski definition) is 6. The standard InChI is InChI=1S/C20H20N2O5/c1-26-13-27-12-14-8-9-21-15(10-14)6-7-16(23)11-22-19(24)17-4-2-3-5-18(17)20(22)25/h2-5,7-10,23H,6,11-13H2,1H3/b16-7-. The highest BCUT2D eigenvalue weighted by molar-refractivity contribution is 6.21. The Morgan fingerprint density at radius 1 is 1.19 bits per heavy atom. The number of imide groups is 1.